The normalized spacial score (nSPS) is 17.0. The first-order valence-corrected chi connectivity index (χ1v) is 10.8. The van der Waals surface area contributed by atoms with E-state index in [0.29, 0.717) is 17.9 Å². The molecule has 1 saturated carbocycles. The van der Waals surface area contributed by atoms with Gasteiger partial charge in [0.2, 0.25) is 5.91 Å². The predicted octanol–water partition coefficient (Wildman–Crippen LogP) is 3.66. The van der Waals surface area contributed by atoms with Crippen LogP contribution >= 0.6 is 0 Å². The minimum atomic E-state index is -4.36. The molecule has 6 nitrogen and oxygen atoms in total. The van der Waals surface area contributed by atoms with Crippen LogP contribution in [-0.4, -0.2) is 24.1 Å². The van der Waals surface area contributed by atoms with Gasteiger partial charge in [0.05, 0.1) is 4.90 Å². The molecule has 1 aromatic rings. The summed E-state index contributed by atoms with van der Waals surface area (Å²) >= 11 is 0. The second-order valence-electron chi connectivity index (χ2n) is 7.40. The van der Waals surface area contributed by atoms with Gasteiger partial charge in [-0.05, 0) is 37.3 Å². The van der Waals surface area contributed by atoms with Gasteiger partial charge in [-0.2, -0.15) is 8.42 Å². The number of hydrogen-bond donors (Lipinski definition) is 3. The van der Waals surface area contributed by atoms with Crippen molar-refractivity contribution in [2.75, 3.05) is 0 Å². The highest BCUT2D eigenvalue weighted by atomic mass is 32.2. The van der Waals surface area contributed by atoms with E-state index in [1.54, 1.807) is 17.6 Å². The average molecular weight is 384 g/mol. The molecule has 1 amide bonds. The lowest BCUT2D eigenvalue weighted by Gasteiger charge is -2.22. The standard InChI is InChI=1S/C19H29NO5S/c1-14-10-11-18(26(23,24)25)17(12-14)13-16(19(21)20-22)9-5-8-15-6-3-2-4-7-15/h10-12,15-16,22H,2-9,13H2,1H3,(H,20,21)(H,23,24,25)/t16-/m0/s1. The molecule has 0 saturated heterocycles. The van der Waals surface area contributed by atoms with Crippen LogP contribution in [0.3, 0.4) is 0 Å². The SMILES string of the molecule is Cc1ccc(S(=O)(=O)O)c(C[C@H](CCCC2CCCCC2)C(=O)NO)c1. The molecule has 3 N–H and O–H groups in total. The van der Waals surface area contributed by atoms with E-state index in [9.17, 15) is 17.8 Å². The van der Waals surface area contributed by atoms with Gasteiger partial charge in [0.25, 0.3) is 10.1 Å². The first-order valence-electron chi connectivity index (χ1n) is 9.32. The van der Waals surface area contributed by atoms with Gasteiger partial charge >= 0.3 is 0 Å². The maximum Gasteiger partial charge on any atom is 0.294 e. The highest BCUT2D eigenvalue weighted by molar-refractivity contribution is 7.85. The molecule has 1 aliphatic rings. The summed E-state index contributed by atoms with van der Waals surface area (Å²) in [6.07, 6.45) is 8.96. The lowest BCUT2D eigenvalue weighted by atomic mass is 9.84. The zero-order chi connectivity index (χ0) is 19.2. The van der Waals surface area contributed by atoms with Crippen LogP contribution in [0.5, 0.6) is 0 Å². The topological polar surface area (TPSA) is 104 Å². The summed E-state index contributed by atoms with van der Waals surface area (Å²) in [6.45, 7) is 1.82. The van der Waals surface area contributed by atoms with Crippen molar-refractivity contribution in [1.29, 1.82) is 0 Å². The molecular formula is C19H29NO5S. The number of hydrogen-bond acceptors (Lipinski definition) is 4. The van der Waals surface area contributed by atoms with Crippen molar-refractivity contribution in [3.8, 4) is 0 Å². The van der Waals surface area contributed by atoms with Crippen molar-refractivity contribution in [1.82, 2.24) is 5.48 Å². The molecule has 146 valence electrons. The van der Waals surface area contributed by atoms with Crippen LogP contribution in [0.1, 0.15) is 62.5 Å². The van der Waals surface area contributed by atoms with Crippen molar-refractivity contribution in [2.45, 2.75) is 69.6 Å². The number of benzene rings is 1. The highest BCUT2D eigenvalue weighted by Crippen LogP contribution is 2.29. The largest absolute Gasteiger partial charge is 0.294 e. The fraction of sp³-hybridized carbons (Fsp3) is 0.632. The van der Waals surface area contributed by atoms with E-state index in [-0.39, 0.29) is 11.3 Å². The van der Waals surface area contributed by atoms with Crippen LogP contribution in [-0.2, 0) is 21.3 Å². The Morgan fingerprint density at radius 2 is 1.96 bits per heavy atom. The smallest absolute Gasteiger partial charge is 0.289 e. The Balaban J connectivity index is 2.08. The number of hydroxylamine groups is 1. The van der Waals surface area contributed by atoms with Crippen molar-refractivity contribution in [3.63, 3.8) is 0 Å². The van der Waals surface area contributed by atoms with Gasteiger partial charge in [-0.3, -0.25) is 14.6 Å². The lowest BCUT2D eigenvalue weighted by molar-refractivity contribution is -0.133. The Labute approximate surface area is 155 Å². The Morgan fingerprint density at radius 1 is 1.27 bits per heavy atom. The van der Waals surface area contributed by atoms with Gasteiger partial charge in [-0.1, -0.05) is 62.6 Å². The van der Waals surface area contributed by atoms with E-state index in [1.807, 2.05) is 6.92 Å². The van der Waals surface area contributed by atoms with Crippen molar-refractivity contribution in [3.05, 3.63) is 29.3 Å². The average Bonchev–Trinajstić information content (AvgIpc) is 2.60. The molecule has 0 heterocycles. The zero-order valence-electron chi connectivity index (χ0n) is 15.3. The summed E-state index contributed by atoms with van der Waals surface area (Å²) in [5.74, 6) is -0.351. The first kappa shape index (κ1) is 20.9. The summed E-state index contributed by atoms with van der Waals surface area (Å²) < 4.78 is 32.7. The van der Waals surface area contributed by atoms with Crippen molar-refractivity contribution >= 4 is 16.0 Å². The van der Waals surface area contributed by atoms with Gasteiger partial charge in [-0.25, -0.2) is 5.48 Å². The molecule has 0 bridgehead atoms. The van der Waals surface area contributed by atoms with Gasteiger partial charge < -0.3 is 0 Å². The number of aryl methyl sites for hydroxylation is 1. The number of rotatable bonds is 8. The quantitative estimate of drug-likeness (QED) is 0.361. The maximum atomic E-state index is 12.1. The molecule has 1 aromatic carbocycles. The zero-order valence-corrected chi connectivity index (χ0v) is 16.1. The Hall–Kier alpha value is -1.44. The van der Waals surface area contributed by atoms with Crippen LogP contribution in [0.25, 0.3) is 0 Å². The van der Waals surface area contributed by atoms with Gasteiger partial charge in [0.1, 0.15) is 0 Å². The minimum Gasteiger partial charge on any atom is -0.289 e. The fourth-order valence-corrected chi connectivity index (χ4v) is 4.64. The van der Waals surface area contributed by atoms with E-state index in [4.69, 9.17) is 5.21 Å². The first-order chi connectivity index (χ1) is 12.3. The molecule has 2 rings (SSSR count). The molecule has 1 atom stereocenters. The summed E-state index contributed by atoms with van der Waals surface area (Å²) in [5.41, 5.74) is 2.94. The van der Waals surface area contributed by atoms with E-state index < -0.39 is 21.9 Å². The molecule has 7 heteroatoms. The summed E-state index contributed by atoms with van der Waals surface area (Å²) in [4.78, 5) is 11.9. The van der Waals surface area contributed by atoms with Gasteiger partial charge in [-0.15, -0.1) is 0 Å². The molecule has 0 unspecified atom stereocenters. The van der Waals surface area contributed by atoms with E-state index >= 15 is 0 Å². The Bertz CT molecular complexity index is 711. The van der Waals surface area contributed by atoms with Crippen LogP contribution in [0, 0.1) is 18.8 Å². The maximum absolute atomic E-state index is 12.1. The summed E-state index contributed by atoms with van der Waals surface area (Å²) in [7, 11) is -4.36. The number of nitrogens with one attached hydrogen (secondary N) is 1. The monoisotopic (exact) mass is 383 g/mol. The van der Waals surface area contributed by atoms with Crippen molar-refractivity contribution < 1.29 is 23.0 Å². The number of carbonyl (C=O) groups excluding carboxylic acids is 1. The molecule has 0 radical (unpaired) electrons. The number of carbonyl (C=O) groups is 1. The van der Waals surface area contributed by atoms with Crippen LogP contribution < -0.4 is 5.48 Å². The molecule has 0 spiro atoms. The summed E-state index contributed by atoms with van der Waals surface area (Å²) in [6, 6.07) is 4.63. The summed E-state index contributed by atoms with van der Waals surface area (Å²) in [5, 5.41) is 9.05. The molecule has 1 fully saturated rings. The molecule has 1 aliphatic carbocycles. The van der Waals surface area contributed by atoms with Crippen molar-refractivity contribution in [2.24, 2.45) is 11.8 Å². The second kappa shape index (κ2) is 9.48. The van der Waals surface area contributed by atoms with Crippen LogP contribution in [0.2, 0.25) is 0 Å². The minimum absolute atomic E-state index is 0.161. The van der Waals surface area contributed by atoms with E-state index in [0.717, 1.165) is 18.4 Å². The highest BCUT2D eigenvalue weighted by Gasteiger charge is 2.24. The van der Waals surface area contributed by atoms with E-state index in [2.05, 4.69) is 0 Å². The Morgan fingerprint density at radius 3 is 2.58 bits per heavy atom. The predicted molar refractivity (Wildman–Crippen MR) is 98.5 cm³/mol. The molecule has 0 aromatic heterocycles. The third-order valence-electron chi connectivity index (χ3n) is 5.33. The number of amides is 1. The fourth-order valence-electron chi connectivity index (χ4n) is 3.93. The van der Waals surface area contributed by atoms with Gasteiger partial charge in [0.15, 0.2) is 0 Å². The Kier molecular flexibility index (Phi) is 7.61. The molecular weight excluding hydrogens is 354 g/mol. The third-order valence-corrected chi connectivity index (χ3v) is 6.28. The van der Waals surface area contributed by atoms with E-state index in [1.165, 1.54) is 38.2 Å². The third kappa shape index (κ3) is 6.07. The van der Waals surface area contributed by atoms with Crippen LogP contribution in [0.4, 0.5) is 0 Å². The second-order valence-corrected chi connectivity index (χ2v) is 8.79. The molecule has 26 heavy (non-hydrogen) atoms. The van der Waals surface area contributed by atoms with Crippen LogP contribution in [0.15, 0.2) is 23.1 Å². The lowest BCUT2D eigenvalue weighted by Crippen LogP contribution is -2.30. The van der Waals surface area contributed by atoms with Gasteiger partial charge in [0, 0.05) is 5.92 Å². The molecule has 0 aliphatic heterocycles.